The van der Waals surface area contributed by atoms with Crippen molar-refractivity contribution in [3.05, 3.63) is 23.5 Å². The molecule has 0 spiro atoms. The van der Waals surface area contributed by atoms with Crippen LogP contribution in [-0.2, 0) is 6.42 Å². The number of nitrogens with zero attached hydrogens (tertiary/aromatic N) is 2. The minimum Gasteiger partial charge on any atom is -0.316 e. The summed E-state index contributed by atoms with van der Waals surface area (Å²) >= 11 is 1.70. The molecule has 0 radical (unpaired) electrons. The predicted octanol–water partition coefficient (Wildman–Crippen LogP) is 2.33. The molecule has 1 saturated carbocycles. The molecule has 3 rings (SSSR count). The van der Waals surface area contributed by atoms with E-state index < -0.39 is 0 Å². The zero-order valence-electron chi connectivity index (χ0n) is 9.52. The number of hydrogen-bond donors (Lipinski definition) is 1. The van der Waals surface area contributed by atoms with Crippen molar-refractivity contribution < 1.29 is 0 Å². The molecule has 3 nitrogen and oxygen atoms in total. The molecule has 86 valence electrons. The van der Waals surface area contributed by atoms with E-state index in [0.717, 1.165) is 17.3 Å². The van der Waals surface area contributed by atoms with E-state index in [9.17, 15) is 0 Å². The Kier molecular flexibility index (Phi) is 2.69. The van der Waals surface area contributed by atoms with E-state index in [0.29, 0.717) is 6.04 Å². The van der Waals surface area contributed by atoms with Crippen molar-refractivity contribution >= 4 is 16.3 Å². The Labute approximate surface area is 99.5 Å². The van der Waals surface area contributed by atoms with Gasteiger partial charge < -0.3 is 5.32 Å². The van der Waals surface area contributed by atoms with Gasteiger partial charge in [-0.25, -0.2) is 4.98 Å². The third-order valence-electron chi connectivity index (χ3n) is 3.66. The minimum absolute atomic E-state index is 0.610. The van der Waals surface area contributed by atoms with E-state index in [1.807, 2.05) is 0 Å². The van der Waals surface area contributed by atoms with Gasteiger partial charge in [-0.3, -0.25) is 4.40 Å². The molecule has 0 bridgehead atoms. The smallest absolute Gasteiger partial charge is 0.193 e. The lowest BCUT2D eigenvalue weighted by molar-refractivity contribution is 0.235. The van der Waals surface area contributed by atoms with Crippen LogP contribution in [0.2, 0.25) is 0 Å². The van der Waals surface area contributed by atoms with Crippen molar-refractivity contribution in [1.82, 2.24) is 14.7 Å². The molecule has 1 aliphatic carbocycles. The van der Waals surface area contributed by atoms with Crippen LogP contribution in [0.25, 0.3) is 4.96 Å². The highest BCUT2D eigenvalue weighted by Gasteiger charge is 2.26. The van der Waals surface area contributed by atoms with Crippen molar-refractivity contribution in [1.29, 1.82) is 0 Å². The Hall–Kier alpha value is -0.870. The fraction of sp³-hybridized carbons (Fsp3) is 0.583. The second-order valence-corrected chi connectivity index (χ2v) is 5.49. The van der Waals surface area contributed by atoms with E-state index >= 15 is 0 Å². The second kappa shape index (κ2) is 4.18. The maximum Gasteiger partial charge on any atom is 0.193 e. The topological polar surface area (TPSA) is 29.3 Å². The van der Waals surface area contributed by atoms with Gasteiger partial charge in [-0.2, -0.15) is 0 Å². The summed E-state index contributed by atoms with van der Waals surface area (Å²) < 4.78 is 2.12. The van der Waals surface area contributed by atoms with E-state index in [4.69, 9.17) is 0 Å². The van der Waals surface area contributed by atoms with Gasteiger partial charge in [0.15, 0.2) is 4.96 Å². The first-order chi connectivity index (χ1) is 7.86. The van der Waals surface area contributed by atoms with Crippen LogP contribution in [0, 0.1) is 5.92 Å². The van der Waals surface area contributed by atoms with Crippen LogP contribution in [0.1, 0.15) is 25.0 Å². The molecule has 2 aromatic rings. The van der Waals surface area contributed by atoms with E-state index in [1.54, 1.807) is 11.3 Å². The highest BCUT2D eigenvalue weighted by atomic mass is 32.1. The lowest BCUT2D eigenvalue weighted by Crippen LogP contribution is -2.39. The third-order valence-corrected chi connectivity index (χ3v) is 4.43. The fourth-order valence-corrected chi connectivity index (χ4v) is 3.17. The summed E-state index contributed by atoms with van der Waals surface area (Å²) in [7, 11) is 2.07. The Bertz CT molecular complexity index is 441. The van der Waals surface area contributed by atoms with Gasteiger partial charge in [-0.15, -0.1) is 11.3 Å². The average molecular weight is 235 g/mol. The molecule has 1 atom stereocenters. The van der Waals surface area contributed by atoms with Gasteiger partial charge in [-0.1, -0.05) is 6.42 Å². The largest absolute Gasteiger partial charge is 0.316 e. The SMILES string of the molecule is CNC(Cc1cn2ccsc2n1)C1CCC1. The van der Waals surface area contributed by atoms with Crippen LogP contribution in [0.15, 0.2) is 17.8 Å². The van der Waals surface area contributed by atoms with Crippen LogP contribution >= 0.6 is 11.3 Å². The molecule has 1 fully saturated rings. The molecule has 0 amide bonds. The number of imidazole rings is 1. The summed E-state index contributed by atoms with van der Waals surface area (Å²) in [6.45, 7) is 0. The maximum absolute atomic E-state index is 4.64. The van der Waals surface area contributed by atoms with Crippen molar-refractivity contribution in [2.45, 2.75) is 31.7 Å². The zero-order chi connectivity index (χ0) is 11.0. The molecule has 0 aliphatic heterocycles. The van der Waals surface area contributed by atoms with Crippen LogP contribution in [0.4, 0.5) is 0 Å². The zero-order valence-corrected chi connectivity index (χ0v) is 10.3. The Balaban J connectivity index is 1.74. The monoisotopic (exact) mass is 235 g/mol. The van der Waals surface area contributed by atoms with Crippen LogP contribution < -0.4 is 5.32 Å². The predicted molar refractivity (Wildman–Crippen MR) is 67.0 cm³/mol. The summed E-state index contributed by atoms with van der Waals surface area (Å²) in [5.41, 5.74) is 1.22. The highest BCUT2D eigenvalue weighted by Crippen LogP contribution is 2.30. The van der Waals surface area contributed by atoms with E-state index in [2.05, 4.69) is 39.5 Å². The van der Waals surface area contributed by atoms with Gasteiger partial charge in [0.05, 0.1) is 5.69 Å². The van der Waals surface area contributed by atoms with Crippen LogP contribution in [-0.4, -0.2) is 22.5 Å². The van der Waals surface area contributed by atoms with Gasteiger partial charge >= 0.3 is 0 Å². The lowest BCUT2D eigenvalue weighted by Gasteiger charge is -2.33. The van der Waals surface area contributed by atoms with Gasteiger partial charge in [0, 0.05) is 30.2 Å². The Morgan fingerprint density at radius 3 is 3.12 bits per heavy atom. The molecule has 16 heavy (non-hydrogen) atoms. The van der Waals surface area contributed by atoms with Gasteiger partial charge in [0.25, 0.3) is 0 Å². The number of fused-ring (bicyclic) bond motifs is 1. The summed E-state index contributed by atoms with van der Waals surface area (Å²) in [5.74, 6) is 0.865. The summed E-state index contributed by atoms with van der Waals surface area (Å²) in [4.78, 5) is 5.75. The number of thiazole rings is 1. The van der Waals surface area contributed by atoms with Gasteiger partial charge in [0.2, 0.25) is 0 Å². The summed E-state index contributed by atoms with van der Waals surface area (Å²) in [6.07, 6.45) is 9.47. The first-order valence-electron chi connectivity index (χ1n) is 5.95. The number of rotatable bonds is 4. The van der Waals surface area contributed by atoms with E-state index in [-0.39, 0.29) is 0 Å². The maximum atomic E-state index is 4.64. The number of hydrogen-bond acceptors (Lipinski definition) is 3. The highest BCUT2D eigenvalue weighted by molar-refractivity contribution is 7.15. The molecule has 1 aliphatic rings. The van der Waals surface area contributed by atoms with Crippen molar-refractivity contribution in [3.8, 4) is 0 Å². The molecule has 0 saturated heterocycles. The standard InChI is InChI=1S/C12H17N3S/c1-13-11(9-3-2-4-9)7-10-8-15-5-6-16-12(15)14-10/h5-6,8-9,11,13H,2-4,7H2,1H3. The van der Waals surface area contributed by atoms with Gasteiger partial charge in [-0.05, 0) is 25.8 Å². The Morgan fingerprint density at radius 2 is 2.50 bits per heavy atom. The van der Waals surface area contributed by atoms with Crippen molar-refractivity contribution in [2.75, 3.05) is 7.05 Å². The molecule has 2 aromatic heterocycles. The quantitative estimate of drug-likeness (QED) is 0.881. The third kappa shape index (κ3) is 1.76. The molecule has 4 heteroatoms. The molecule has 1 unspecified atom stereocenters. The molecule has 2 heterocycles. The molecule has 1 N–H and O–H groups in total. The molecule has 0 aromatic carbocycles. The number of likely N-dealkylation sites (N-methyl/N-ethyl adjacent to an activating group) is 1. The van der Waals surface area contributed by atoms with Crippen molar-refractivity contribution in [3.63, 3.8) is 0 Å². The first kappa shape index (κ1) is 10.3. The number of nitrogens with one attached hydrogen (secondary N) is 1. The van der Waals surface area contributed by atoms with Crippen molar-refractivity contribution in [2.24, 2.45) is 5.92 Å². The molecular formula is C12H17N3S. The average Bonchev–Trinajstić information content (AvgIpc) is 2.73. The lowest BCUT2D eigenvalue weighted by atomic mass is 9.78. The Morgan fingerprint density at radius 1 is 1.62 bits per heavy atom. The number of aromatic nitrogens is 2. The van der Waals surface area contributed by atoms with Crippen LogP contribution in [0.5, 0.6) is 0 Å². The molecular weight excluding hydrogens is 218 g/mol. The summed E-state index contributed by atoms with van der Waals surface area (Å²) in [5, 5.41) is 5.52. The summed E-state index contributed by atoms with van der Waals surface area (Å²) in [6, 6.07) is 0.610. The normalized spacial score (nSPS) is 18.8. The van der Waals surface area contributed by atoms with Crippen LogP contribution in [0.3, 0.4) is 0 Å². The van der Waals surface area contributed by atoms with E-state index in [1.165, 1.54) is 25.0 Å². The minimum atomic E-state index is 0.610. The first-order valence-corrected chi connectivity index (χ1v) is 6.83. The van der Waals surface area contributed by atoms with Gasteiger partial charge in [0.1, 0.15) is 0 Å². The fourth-order valence-electron chi connectivity index (χ4n) is 2.45. The second-order valence-electron chi connectivity index (χ2n) is 4.62.